The number of ether oxygens (including phenoxy) is 1. The molecular weight excluding hydrogens is 224 g/mol. The Morgan fingerprint density at radius 1 is 1.17 bits per heavy atom. The summed E-state index contributed by atoms with van der Waals surface area (Å²) in [6.45, 7) is 4.63. The Kier molecular flexibility index (Phi) is 2.86. The molecule has 1 aromatic rings. The van der Waals surface area contributed by atoms with Crippen molar-refractivity contribution in [3.8, 4) is 5.75 Å². The lowest BCUT2D eigenvalue weighted by molar-refractivity contribution is -0.0601. The maximum absolute atomic E-state index is 10.4. The van der Waals surface area contributed by atoms with E-state index in [1.807, 2.05) is 24.3 Å². The number of hydrogen-bond donors (Lipinski definition) is 1. The number of para-hydroxylation sites is 1. The Hall–Kier alpha value is -1.02. The van der Waals surface area contributed by atoms with Gasteiger partial charge in [-0.1, -0.05) is 32.0 Å². The zero-order chi connectivity index (χ0) is 12.8. The van der Waals surface area contributed by atoms with E-state index in [0.717, 1.165) is 36.5 Å². The van der Waals surface area contributed by atoms with Crippen molar-refractivity contribution in [3.63, 3.8) is 0 Å². The minimum absolute atomic E-state index is 0.125. The van der Waals surface area contributed by atoms with Gasteiger partial charge >= 0.3 is 0 Å². The van der Waals surface area contributed by atoms with Crippen LogP contribution in [0.4, 0.5) is 0 Å². The fourth-order valence-electron chi connectivity index (χ4n) is 3.53. The second kappa shape index (κ2) is 4.27. The van der Waals surface area contributed by atoms with Crippen molar-refractivity contribution in [2.45, 2.75) is 51.2 Å². The van der Waals surface area contributed by atoms with E-state index in [4.69, 9.17) is 4.74 Å². The van der Waals surface area contributed by atoms with E-state index in [1.165, 1.54) is 6.42 Å². The number of fused-ring (bicyclic) bond motifs is 1. The lowest BCUT2D eigenvalue weighted by Gasteiger charge is -2.46. The highest BCUT2D eigenvalue weighted by Gasteiger charge is 2.44. The molecule has 1 aliphatic carbocycles. The monoisotopic (exact) mass is 246 g/mol. The third kappa shape index (κ3) is 1.93. The highest BCUT2D eigenvalue weighted by atomic mass is 16.5. The molecule has 98 valence electrons. The number of aliphatic hydroxyl groups is 1. The molecule has 1 heterocycles. The van der Waals surface area contributed by atoms with E-state index < -0.39 is 0 Å². The summed E-state index contributed by atoms with van der Waals surface area (Å²) in [6, 6.07) is 7.92. The molecule has 4 atom stereocenters. The van der Waals surface area contributed by atoms with E-state index in [9.17, 15) is 5.11 Å². The molecule has 0 amide bonds. The second-order valence-electron chi connectivity index (χ2n) is 6.24. The third-order valence-corrected chi connectivity index (χ3v) is 4.89. The van der Waals surface area contributed by atoms with Gasteiger partial charge in [0.2, 0.25) is 0 Å². The predicted octanol–water partition coefficient (Wildman–Crippen LogP) is 3.70. The minimum atomic E-state index is -0.365. The van der Waals surface area contributed by atoms with Gasteiger partial charge in [0.25, 0.3) is 0 Å². The maximum Gasteiger partial charge on any atom is 0.125 e. The molecule has 1 aromatic carbocycles. The van der Waals surface area contributed by atoms with E-state index in [0.29, 0.717) is 5.92 Å². The minimum Gasteiger partial charge on any atom is -0.487 e. The molecule has 1 fully saturated rings. The Bertz CT molecular complexity index is 442. The fraction of sp³-hybridized carbons (Fsp3) is 0.625. The first-order valence-corrected chi connectivity index (χ1v) is 7.06. The average Bonchev–Trinajstić information content (AvgIpc) is 2.35. The van der Waals surface area contributed by atoms with Crippen molar-refractivity contribution in [1.29, 1.82) is 0 Å². The molecule has 1 saturated carbocycles. The topological polar surface area (TPSA) is 29.5 Å². The normalized spacial score (nSPS) is 39.2. The van der Waals surface area contributed by atoms with Crippen LogP contribution in [-0.2, 0) is 0 Å². The van der Waals surface area contributed by atoms with Gasteiger partial charge in [-0.25, -0.2) is 0 Å². The largest absolute Gasteiger partial charge is 0.487 e. The summed E-state index contributed by atoms with van der Waals surface area (Å²) >= 11 is 0. The van der Waals surface area contributed by atoms with Gasteiger partial charge < -0.3 is 9.84 Å². The SMILES string of the molecule is CC1CCC2(CC1C)C[C@H](O)c1ccccc1O2. The summed E-state index contributed by atoms with van der Waals surface area (Å²) in [4.78, 5) is 0. The summed E-state index contributed by atoms with van der Waals surface area (Å²) in [7, 11) is 0. The number of rotatable bonds is 0. The zero-order valence-corrected chi connectivity index (χ0v) is 11.2. The Morgan fingerprint density at radius 2 is 1.94 bits per heavy atom. The molecule has 1 aliphatic heterocycles. The number of aliphatic hydroxyl groups excluding tert-OH is 1. The van der Waals surface area contributed by atoms with Crippen LogP contribution in [0, 0.1) is 11.8 Å². The van der Waals surface area contributed by atoms with Crippen LogP contribution < -0.4 is 4.74 Å². The second-order valence-corrected chi connectivity index (χ2v) is 6.24. The molecule has 3 rings (SSSR count). The van der Waals surface area contributed by atoms with Crippen molar-refractivity contribution in [2.75, 3.05) is 0 Å². The van der Waals surface area contributed by atoms with Crippen molar-refractivity contribution < 1.29 is 9.84 Å². The molecule has 0 aromatic heterocycles. The lowest BCUT2D eigenvalue weighted by atomic mass is 9.70. The van der Waals surface area contributed by atoms with Gasteiger partial charge in [-0.3, -0.25) is 0 Å². The van der Waals surface area contributed by atoms with Gasteiger partial charge in [-0.2, -0.15) is 0 Å². The van der Waals surface area contributed by atoms with Gasteiger partial charge in [-0.05, 0) is 37.2 Å². The zero-order valence-electron chi connectivity index (χ0n) is 11.2. The van der Waals surface area contributed by atoms with Crippen molar-refractivity contribution in [3.05, 3.63) is 29.8 Å². The summed E-state index contributed by atoms with van der Waals surface area (Å²) in [5.41, 5.74) is 0.828. The Balaban J connectivity index is 1.89. The molecule has 3 unspecified atom stereocenters. The Labute approximate surface area is 109 Å². The molecule has 0 radical (unpaired) electrons. The fourth-order valence-corrected chi connectivity index (χ4v) is 3.53. The molecule has 1 spiro atoms. The van der Waals surface area contributed by atoms with Crippen molar-refractivity contribution >= 4 is 0 Å². The smallest absolute Gasteiger partial charge is 0.125 e. The van der Waals surface area contributed by atoms with Gasteiger partial charge in [0.1, 0.15) is 11.4 Å². The van der Waals surface area contributed by atoms with Crippen LogP contribution in [0.15, 0.2) is 24.3 Å². The molecule has 0 bridgehead atoms. The highest BCUT2D eigenvalue weighted by Crippen LogP contribution is 2.48. The third-order valence-electron chi connectivity index (χ3n) is 4.89. The lowest BCUT2D eigenvalue weighted by Crippen LogP contribution is -2.46. The average molecular weight is 246 g/mol. The van der Waals surface area contributed by atoms with E-state index in [-0.39, 0.29) is 11.7 Å². The van der Waals surface area contributed by atoms with Crippen molar-refractivity contribution in [1.82, 2.24) is 0 Å². The first-order valence-electron chi connectivity index (χ1n) is 7.06. The molecule has 0 saturated heterocycles. The van der Waals surface area contributed by atoms with Crippen LogP contribution in [0.2, 0.25) is 0 Å². The standard InChI is InChI=1S/C16H22O2/c1-11-7-8-16(9-12(11)2)10-14(17)13-5-3-4-6-15(13)18-16/h3-6,11-12,14,17H,7-10H2,1-2H3/t11?,12?,14-,16?/m0/s1. The maximum atomic E-state index is 10.4. The van der Waals surface area contributed by atoms with E-state index in [1.54, 1.807) is 0 Å². The Morgan fingerprint density at radius 3 is 2.72 bits per heavy atom. The summed E-state index contributed by atoms with van der Waals surface area (Å²) in [5.74, 6) is 2.34. The van der Waals surface area contributed by atoms with Crippen LogP contribution in [0.5, 0.6) is 5.75 Å². The molecule has 18 heavy (non-hydrogen) atoms. The summed E-state index contributed by atoms with van der Waals surface area (Å²) in [5, 5.41) is 10.4. The molecule has 1 N–H and O–H groups in total. The van der Waals surface area contributed by atoms with Crippen LogP contribution in [-0.4, -0.2) is 10.7 Å². The first kappa shape index (κ1) is 12.0. The first-order chi connectivity index (χ1) is 8.60. The van der Waals surface area contributed by atoms with E-state index >= 15 is 0 Å². The molecular formula is C16H22O2. The number of hydrogen-bond acceptors (Lipinski definition) is 2. The van der Waals surface area contributed by atoms with E-state index in [2.05, 4.69) is 13.8 Å². The molecule has 2 heteroatoms. The summed E-state index contributed by atoms with van der Waals surface area (Å²) in [6.07, 6.45) is 3.73. The van der Waals surface area contributed by atoms with Crippen LogP contribution in [0.3, 0.4) is 0 Å². The van der Waals surface area contributed by atoms with Gasteiger partial charge in [-0.15, -0.1) is 0 Å². The number of benzene rings is 1. The van der Waals surface area contributed by atoms with Crippen molar-refractivity contribution in [2.24, 2.45) is 11.8 Å². The molecule has 2 nitrogen and oxygen atoms in total. The highest BCUT2D eigenvalue weighted by molar-refractivity contribution is 5.38. The van der Waals surface area contributed by atoms with Crippen LogP contribution in [0.25, 0.3) is 0 Å². The van der Waals surface area contributed by atoms with Crippen LogP contribution in [0.1, 0.15) is 51.2 Å². The van der Waals surface area contributed by atoms with Gasteiger partial charge in [0.15, 0.2) is 0 Å². The quantitative estimate of drug-likeness (QED) is 0.756. The summed E-state index contributed by atoms with van der Waals surface area (Å²) < 4.78 is 6.29. The molecule has 2 aliphatic rings. The van der Waals surface area contributed by atoms with Gasteiger partial charge in [0.05, 0.1) is 6.10 Å². The van der Waals surface area contributed by atoms with Crippen LogP contribution >= 0.6 is 0 Å². The van der Waals surface area contributed by atoms with Gasteiger partial charge in [0, 0.05) is 12.0 Å². The predicted molar refractivity (Wildman–Crippen MR) is 71.6 cm³/mol.